The third-order valence-electron chi connectivity index (χ3n) is 4.34. The van der Waals surface area contributed by atoms with Crippen molar-refractivity contribution in [2.45, 2.75) is 35.8 Å². The Kier molecular flexibility index (Phi) is 4.08. The lowest BCUT2D eigenvalue weighted by atomic mass is 10.1. The molecular formula is C15H21NO4S. The Labute approximate surface area is 125 Å². The van der Waals surface area contributed by atoms with Crippen LogP contribution >= 0.6 is 0 Å². The highest BCUT2D eigenvalue weighted by atomic mass is 32.2. The second kappa shape index (κ2) is 5.85. The molecule has 2 aliphatic rings. The second-order valence-electron chi connectivity index (χ2n) is 5.67. The van der Waals surface area contributed by atoms with Crippen LogP contribution in [0, 0.1) is 5.92 Å². The van der Waals surface area contributed by atoms with Crippen LogP contribution in [-0.4, -0.2) is 33.4 Å². The minimum Gasteiger partial charge on any atom is -0.490 e. The van der Waals surface area contributed by atoms with E-state index in [0.29, 0.717) is 42.6 Å². The molecular weight excluding hydrogens is 290 g/mol. The third-order valence-corrected chi connectivity index (χ3v) is 6.67. The van der Waals surface area contributed by atoms with E-state index in [-0.39, 0.29) is 11.2 Å². The van der Waals surface area contributed by atoms with Crippen LogP contribution in [0.15, 0.2) is 23.1 Å². The van der Waals surface area contributed by atoms with E-state index in [4.69, 9.17) is 15.2 Å². The van der Waals surface area contributed by atoms with Gasteiger partial charge in [-0.3, -0.25) is 0 Å². The zero-order valence-electron chi connectivity index (χ0n) is 12.0. The first-order valence-electron chi connectivity index (χ1n) is 7.46. The molecule has 0 spiro atoms. The number of hydrogen-bond acceptors (Lipinski definition) is 5. The molecule has 1 aromatic carbocycles. The highest BCUT2D eigenvalue weighted by Crippen LogP contribution is 2.37. The summed E-state index contributed by atoms with van der Waals surface area (Å²) in [5, 5.41) is -0.368. The molecule has 1 aliphatic carbocycles. The summed E-state index contributed by atoms with van der Waals surface area (Å²) in [5.41, 5.74) is 5.72. The van der Waals surface area contributed by atoms with E-state index in [0.717, 1.165) is 19.3 Å². The number of ether oxygens (including phenoxy) is 2. The second-order valence-corrected chi connectivity index (χ2v) is 7.84. The molecule has 0 bridgehead atoms. The molecule has 1 heterocycles. The largest absolute Gasteiger partial charge is 0.490 e. The fraction of sp³-hybridized carbons (Fsp3) is 0.600. The Morgan fingerprint density at radius 2 is 1.86 bits per heavy atom. The van der Waals surface area contributed by atoms with Crippen molar-refractivity contribution in [3.8, 4) is 11.5 Å². The van der Waals surface area contributed by atoms with Gasteiger partial charge in [0.05, 0.1) is 23.4 Å². The van der Waals surface area contributed by atoms with Gasteiger partial charge < -0.3 is 15.2 Å². The molecule has 6 heteroatoms. The van der Waals surface area contributed by atoms with E-state index < -0.39 is 9.84 Å². The molecule has 1 saturated carbocycles. The number of benzene rings is 1. The molecule has 116 valence electrons. The molecule has 2 N–H and O–H groups in total. The number of sulfone groups is 1. The van der Waals surface area contributed by atoms with Crippen molar-refractivity contribution in [3.05, 3.63) is 18.2 Å². The average Bonchev–Trinajstić information content (AvgIpc) is 2.85. The molecule has 21 heavy (non-hydrogen) atoms. The molecule has 2 atom stereocenters. The van der Waals surface area contributed by atoms with E-state index in [2.05, 4.69) is 0 Å². The standard InChI is InChI=1S/C15H21NO4S/c16-10-11-3-1-4-15(11)21(17,18)12-5-6-13-14(9-12)20-8-2-7-19-13/h5-6,9,11,15H,1-4,7-8,10,16H2. The molecule has 1 fully saturated rings. The van der Waals surface area contributed by atoms with Gasteiger partial charge in [0.2, 0.25) is 0 Å². The van der Waals surface area contributed by atoms with Crippen molar-refractivity contribution in [3.63, 3.8) is 0 Å². The number of fused-ring (bicyclic) bond motifs is 1. The molecule has 2 unspecified atom stereocenters. The first-order valence-corrected chi connectivity index (χ1v) is 9.01. The first kappa shape index (κ1) is 14.7. The Bertz CT molecular complexity index is 614. The maximum absolute atomic E-state index is 12.8. The lowest BCUT2D eigenvalue weighted by Gasteiger charge is -2.19. The summed E-state index contributed by atoms with van der Waals surface area (Å²) in [7, 11) is -3.36. The fourth-order valence-corrected chi connectivity index (χ4v) is 5.29. The summed E-state index contributed by atoms with van der Waals surface area (Å²) in [6.45, 7) is 1.57. The first-order chi connectivity index (χ1) is 10.1. The van der Waals surface area contributed by atoms with E-state index >= 15 is 0 Å². The Morgan fingerprint density at radius 1 is 1.10 bits per heavy atom. The summed E-state index contributed by atoms with van der Waals surface area (Å²) < 4.78 is 36.8. The van der Waals surface area contributed by atoms with Gasteiger partial charge in [-0.05, 0) is 37.4 Å². The molecule has 5 nitrogen and oxygen atoms in total. The maximum atomic E-state index is 12.8. The van der Waals surface area contributed by atoms with Crippen LogP contribution in [-0.2, 0) is 9.84 Å². The number of rotatable bonds is 3. The van der Waals surface area contributed by atoms with Gasteiger partial charge in [0.25, 0.3) is 0 Å². The summed E-state index contributed by atoms with van der Waals surface area (Å²) in [5.74, 6) is 1.20. The molecule has 1 aromatic rings. The molecule has 0 amide bonds. The van der Waals surface area contributed by atoms with Gasteiger partial charge in [-0.2, -0.15) is 0 Å². The predicted octanol–water partition coefficient (Wildman–Crippen LogP) is 1.75. The summed E-state index contributed by atoms with van der Waals surface area (Å²) in [6, 6.07) is 4.91. The van der Waals surface area contributed by atoms with E-state index in [9.17, 15) is 8.42 Å². The van der Waals surface area contributed by atoms with Crippen molar-refractivity contribution in [2.24, 2.45) is 11.7 Å². The summed E-state index contributed by atoms with van der Waals surface area (Å²) in [4.78, 5) is 0.317. The number of hydrogen-bond donors (Lipinski definition) is 1. The van der Waals surface area contributed by atoms with Crippen molar-refractivity contribution in [1.82, 2.24) is 0 Å². The van der Waals surface area contributed by atoms with Crippen LogP contribution in [0.3, 0.4) is 0 Å². The highest BCUT2D eigenvalue weighted by molar-refractivity contribution is 7.92. The SMILES string of the molecule is NCC1CCCC1S(=O)(=O)c1ccc2c(c1)OCCCO2. The van der Waals surface area contributed by atoms with Crippen molar-refractivity contribution < 1.29 is 17.9 Å². The van der Waals surface area contributed by atoms with Gasteiger partial charge in [0.15, 0.2) is 21.3 Å². The normalized spacial score (nSPS) is 25.6. The molecule has 3 rings (SSSR count). The van der Waals surface area contributed by atoms with Crippen LogP contribution in [0.5, 0.6) is 11.5 Å². The van der Waals surface area contributed by atoms with Gasteiger partial charge in [-0.1, -0.05) is 6.42 Å². The van der Waals surface area contributed by atoms with Crippen molar-refractivity contribution >= 4 is 9.84 Å². The smallest absolute Gasteiger partial charge is 0.181 e. The van der Waals surface area contributed by atoms with Gasteiger partial charge >= 0.3 is 0 Å². The van der Waals surface area contributed by atoms with Crippen LogP contribution in [0.4, 0.5) is 0 Å². The third kappa shape index (κ3) is 2.74. The quantitative estimate of drug-likeness (QED) is 0.920. The van der Waals surface area contributed by atoms with Crippen molar-refractivity contribution in [1.29, 1.82) is 0 Å². The zero-order chi connectivity index (χ0) is 14.9. The Balaban J connectivity index is 1.94. The van der Waals surface area contributed by atoms with E-state index in [1.54, 1.807) is 18.2 Å². The fourth-order valence-electron chi connectivity index (χ4n) is 3.18. The van der Waals surface area contributed by atoms with Crippen LogP contribution in [0.2, 0.25) is 0 Å². The highest BCUT2D eigenvalue weighted by Gasteiger charge is 2.37. The summed E-state index contributed by atoms with van der Waals surface area (Å²) >= 11 is 0. The summed E-state index contributed by atoms with van der Waals surface area (Å²) in [6.07, 6.45) is 3.31. The Hall–Kier alpha value is -1.27. The molecule has 1 aliphatic heterocycles. The van der Waals surface area contributed by atoms with Crippen LogP contribution < -0.4 is 15.2 Å². The lowest BCUT2D eigenvalue weighted by molar-refractivity contribution is 0.297. The molecule has 0 aromatic heterocycles. The number of nitrogens with two attached hydrogens (primary N) is 1. The van der Waals surface area contributed by atoms with Gasteiger partial charge in [-0.25, -0.2) is 8.42 Å². The van der Waals surface area contributed by atoms with Crippen molar-refractivity contribution in [2.75, 3.05) is 19.8 Å². The topological polar surface area (TPSA) is 78.6 Å². The zero-order valence-corrected chi connectivity index (χ0v) is 12.8. The molecule has 0 saturated heterocycles. The maximum Gasteiger partial charge on any atom is 0.181 e. The molecule has 0 radical (unpaired) electrons. The lowest BCUT2D eigenvalue weighted by Crippen LogP contribution is -2.30. The van der Waals surface area contributed by atoms with Gasteiger partial charge in [0, 0.05) is 12.5 Å². The minimum atomic E-state index is -3.36. The minimum absolute atomic E-state index is 0.0611. The monoisotopic (exact) mass is 311 g/mol. The predicted molar refractivity (Wildman–Crippen MR) is 79.4 cm³/mol. The Morgan fingerprint density at radius 3 is 2.62 bits per heavy atom. The van der Waals surface area contributed by atoms with Crippen LogP contribution in [0.1, 0.15) is 25.7 Å². The van der Waals surface area contributed by atoms with E-state index in [1.807, 2.05) is 0 Å². The van der Waals surface area contributed by atoms with Crippen LogP contribution in [0.25, 0.3) is 0 Å². The van der Waals surface area contributed by atoms with Gasteiger partial charge in [-0.15, -0.1) is 0 Å². The van der Waals surface area contributed by atoms with E-state index in [1.165, 1.54) is 0 Å². The van der Waals surface area contributed by atoms with Gasteiger partial charge in [0.1, 0.15) is 0 Å². The average molecular weight is 311 g/mol.